The van der Waals surface area contributed by atoms with E-state index in [1.54, 1.807) is 24.3 Å². The number of amides is 2. The average molecular weight is 338 g/mol. The summed E-state index contributed by atoms with van der Waals surface area (Å²) in [5.74, 6) is 0.635. The molecule has 1 atom stereocenters. The molecular weight excluding hydrogens is 314 g/mol. The Balaban J connectivity index is 0.00000192. The summed E-state index contributed by atoms with van der Waals surface area (Å²) in [6.45, 7) is 2.09. The minimum Gasteiger partial charge on any atom is -0.349 e. The maximum Gasteiger partial charge on any atom is 0.251 e. The molecule has 2 amide bonds. The van der Waals surface area contributed by atoms with E-state index in [0.717, 1.165) is 44.5 Å². The summed E-state index contributed by atoms with van der Waals surface area (Å²) in [4.78, 5) is 23.8. The Hall–Kier alpha value is -1.59. The van der Waals surface area contributed by atoms with Gasteiger partial charge in [0.15, 0.2) is 0 Å². The second-order valence-electron chi connectivity index (χ2n) is 6.27. The highest BCUT2D eigenvalue weighted by atomic mass is 35.5. The number of nitrogens with one attached hydrogen (secondary N) is 3. The topological polar surface area (TPSA) is 70.2 Å². The second-order valence-corrected chi connectivity index (χ2v) is 6.27. The Morgan fingerprint density at radius 1 is 1.13 bits per heavy atom. The fourth-order valence-corrected chi connectivity index (χ4v) is 2.72. The van der Waals surface area contributed by atoms with Crippen LogP contribution in [-0.2, 0) is 4.79 Å². The summed E-state index contributed by atoms with van der Waals surface area (Å²) in [6.07, 6.45) is 4.81. The summed E-state index contributed by atoms with van der Waals surface area (Å²) in [5, 5.41) is 9.15. The molecule has 1 unspecified atom stereocenters. The van der Waals surface area contributed by atoms with Crippen molar-refractivity contribution in [1.29, 1.82) is 0 Å². The zero-order valence-electron chi connectivity index (χ0n) is 13.1. The van der Waals surface area contributed by atoms with Crippen molar-refractivity contribution in [2.45, 2.75) is 38.1 Å². The lowest BCUT2D eigenvalue weighted by molar-refractivity contribution is -0.116. The number of hydrogen-bond acceptors (Lipinski definition) is 3. The van der Waals surface area contributed by atoms with Crippen LogP contribution < -0.4 is 16.0 Å². The van der Waals surface area contributed by atoms with Gasteiger partial charge in [0.25, 0.3) is 5.91 Å². The van der Waals surface area contributed by atoms with E-state index in [1.165, 1.54) is 0 Å². The van der Waals surface area contributed by atoms with Crippen molar-refractivity contribution in [3.05, 3.63) is 29.8 Å². The van der Waals surface area contributed by atoms with Gasteiger partial charge in [0.05, 0.1) is 0 Å². The van der Waals surface area contributed by atoms with Crippen molar-refractivity contribution in [1.82, 2.24) is 10.6 Å². The lowest BCUT2D eigenvalue weighted by atomic mass is 10.0. The van der Waals surface area contributed by atoms with E-state index in [4.69, 9.17) is 0 Å². The van der Waals surface area contributed by atoms with Gasteiger partial charge in [-0.2, -0.15) is 0 Å². The van der Waals surface area contributed by atoms with E-state index in [1.807, 2.05) is 0 Å². The summed E-state index contributed by atoms with van der Waals surface area (Å²) < 4.78 is 0. The molecule has 2 fully saturated rings. The molecule has 0 spiro atoms. The van der Waals surface area contributed by atoms with Crippen molar-refractivity contribution in [3.8, 4) is 0 Å². The fourth-order valence-electron chi connectivity index (χ4n) is 2.72. The quantitative estimate of drug-likeness (QED) is 0.746. The highest BCUT2D eigenvalue weighted by Gasteiger charge is 2.23. The van der Waals surface area contributed by atoms with Crippen LogP contribution in [0, 0.1) is 5.92 Å². The lowest BCUT2D eigenvalue weighted by Gasteiger charge is -2.09. The van der Waals surface area contributed by atoms with Crippen molar-refractivity contribution in [3.63, 3.8) is 0 Å². The molecule has 23 heavy (non-hydrogen) atoms. The second kappa shape index (κ2) is 8.31. The van der Waals surface area contributed by atoms with Gasteiger partial charge in [0.2, 0.25) is 5.91 Å². The number of carbonyl (C=O) groups excluding carboxylic acids is 2. The van der Waals surface area contributed by atoms with Crippen LogP contribution in [0.5, 0.6) is 0 Å². The van der Waals surface area contributed by atoms with Crippen LogP contribution in [0.1, 0.15) is 42.5 Å². The van der Waals surface area contributed by atoms with Crippen molar-refractivity contribution < 1.29 is 9.59 Å². The predicted octanol–water partition coefficient (Wildman–Crippen LogP) is 2.33. The lowest BCUT2D eigenvalue weighted by Crippen LogP contribution is -2.25. The van der Waals surface area contributed by atoms with Crippen LogP contribution in [0.2, 0.25) is 0 Å². The van der Waals surface area contributed by atoms with Crippen LogP contribution in [0.4, 0.5) is 5.69 Å². The van der Waals surface area contributed by atoms with Crippen LogP contribution in [0.25, 0.3) is 0 Å². The minimum absolute atomic E-state index is 0. The molecule has 1 aromatic carbocycles. The standard InChI is InChI=1S/C17H23N3O2.ClH/c21-16(8-1-12-9-10-18-11-12)19-14-4-2-13(3-5-14)17(22)20-15-6-7-15;/h2-5,12,15,18H,1,6-11H2,(H,19,21)(H,20,22);1H. The molecule has 2 aliphatic rings. The Morgan fingerprint density at radius 2 is 1.87 bits per heavy atom. The third-order valence-corrected chi connectivity index (χ3v) is 4.29. The Labute approximate surface area is 143 Å². The van der Waals surface area contributed by atoms with E-state index in [-0.39, 0.29) is 24.2 Å². The molecule has 1 saturated carbocycles. The van der Waals surface area contributed by atoms with E-state index >= 15 is 0 Å². The van der Waals surface area contributed by atoms with Gasteiger partial charge in [-0.25, -0.2) is 0 Å². The van der Waals surface area contributed by atoms with Crippen molar-refractivity contribution >= 4 is 29.9 Å². The first kappa shape index (κ1) is 17.8. The van der Waals surface area contributed by atoms with Gasteiger partial charge in [-0.1, -0.05) is 0 Å². The fraction of sp³-hybridized carbons (Fsp3) is 0.529. The molecule has 0 bridgehead atoms. The molecule has 1 saturated heterocycles. The van der Waals surface area contributed by atoms with Gasteiger partial charge in [-0.05, 0) is 69.0 Å². The van der Waals surface area contributed by atoms with E-state index in [0.29, 0.717) is 23.9 Å². The number of benzene rings is 1. The van der Waals surface area contributed by atoms with Gasteiger partial charge in [0, 0.05) is 23.7 Å². The Kier molecular flexibility index (Phi) is 6.42. The normalized spacial score (nSPS) is 19.7. The number of halogens is 1. The third kappa shape index (κ3) is 5.52. The highest BCUT2D eigenvalue weighted by molar-refractivity contribution is 5.96. The third-order valence-electron chi connectivity index (χ3n) is 4.29. The van der Waals surface area contributed by atoms with E-state index in [9.17, 15) is 9.59 Å². The molecule has 126 valence electrons. The summed E-state index contributed by atoms with van der Waals surface area (Å²) >= 11 is 0. The summed E-state index contributed by atoms with van der Waals surface area (Å²) in [5.41, 5.74) is 1.39. The first-order chi connectivity index (χ1) is 10.7. The van der Waals surface area contributed by atoms with Crippen molar-refractivity contribution in [2.24, 2.45) is 5.92 Å². The van der Waals surface area contributed by atoms with Gasteiger partial charge in [-0.15, -0.1) is 12.4 Å². The maximum absolute atomic E-state index is 11.9. The molecule has 0 radical (unpaired) electrons. The largest absolute Gasteiger partial charge is 0.349 e. The minimum atomic E-state index is -0.0332. The van der Waals surface area contributed by atoms with Crippen LogP contribution in [-0.4, -0.2) is 30.9 Å². The first-order valence-corrected chi connectivity index (χ1v) is 8.12. The summed E-state index contributed by atoms with van der Waals surface area (Å²) in [7, 11) is 0. The summed E-state index contributed by atoms with van der Waals surface area (Å²) in [6, 6.07) is 7.45. The molecule has 3 rings (SSSR count). The van der Waals surface area contributed by atoms with Crippen molar-refractivity contribution in [2.75, 3.05) is 18.4 Å². The predicted molar refractivity (Wildman–Crippen MR) is 93.0 cm³/mol. The van der Waals surface area contributed by atoms with Crippen LogP contribution in [0.15, 0.2) is 24.3 Å². The van der Waals surface area contributed by atoms with Gasteiger partial charge in [0.1, 0.15) is 0 Å². The molecule has 0 aromatic heterocycles. The number of anilines is 1. The van der Waals surface area contributed by atoms with E-state index in [2.05, 4.69) is 16.0 Å². The molecule has 3 N–H and O–H groups in total. The Morgan fingerprint density at radius 3 is 2.48 bits per heavy atom. The monoisotopic (exact) mass is 337 g/mol. The Bertz CT molecular complexity index is 537. The molecular formula is C17H24ClN3O2. The number of rotatable bonds is 6. The highest BCUT2D eigenvalue weighted by Crippen LogP contribution is 2.20. The molecule has 1 aliphatic carbocycles. The van der Waals surface area contributed by atoms with Gasteiger partial charge >= 0.3 is 0 Å². The number of carbonyl (C=O) groups is 2. The first-order valence-electron chi connectivity index (χ1n) is 8.12. The SMILES string of the molecule is Cl.O=C(CCC1CCNC1)Nc1ccc(C(=O)NC2CC2)cc1. The maximum atomic E-state index is 11.9. The van der Waals surface area contributed by atoms with Crippen LogP contribution >= 0.6 is 12.4 Å². The zero-order valence-corrected chi connectivity index (χ0v) is 14.0. The molecule has 6 heteroatoms. The molecule has 1 heterocycles. The van der Waals surface area contributed by atoms with Gasteiger partial charge < -0.3 is 16.0 Å². The zero-order chi connectivity index (χ0) is 15.4. The smallest absolute Gasteiger partial charge is 0.251 e. The molecule has 5 nitrogen and oxygen atoms in total. The number of hydrogen-bond donors (Lipinski definition) is 3. The van der Waals surface area contributed by atoms with E-state index < -0.39 is 0 Å². The molecule has 1 aromatic rings. The van der Waals surface area contributed by atoms with Crippen LogP contribution in [0.3, 0.4) is 0 Å². The molecule has 1 aliphatic heterocycles. The average Bonchev–Trinajstić information content (AvgIpc) is 3.17. The van der Waals surface area contributed by atoms with Gasteiger partial charge in [-0.3, -0.25) is 9.59 Å².